The lowest BCUT2D eigenvalue weighted by atomic mass is 9.98. The molecule has 0 aliphatic heterocycles. The smallest absolute Gasteiger partial charge is 0.163 e. The topological polar surface area (TPSA) is 21.3 Å². The van der Waals surface area contributed by atoms with Gasteiger partial charge < -0.3 is 10.1 Å². The summed E-state index contributed by atoms with van der Waals surface area (Å²) in [6.45, 7) is 0. The summed E-state index contributed by atoms with van der Waals surface area (Å²) in [6, 6.07) is 11.5. The second kappa shape index (κ2) is 6.48. The molecule has 0 saturated carbocycles. The van der Waals surface area contributed by atoms with Crippen LogP contribution < -0.4 is 10.1 Å². The third-order valence-electron chi connectivity index (χ3n) is 3.30. The fourth-order valence-corrected chi connectivity index (χ4v) is 2.15. The van der Waals surface area contributed by atoms with Crippen LogP contribution in [0.3, 0.4) is 0 Å². The van der Waals surface area contributed by atoms with Crippen molar-refractivity contribution in [2.75, 3.05) is 14.2 Å². The molecule has 0 radical (unpaired) electrons. The number of hydrogen-bond donors (Lipinski definition) is 1. The van der Waals surface area contributed by atoms with E-state index in [9.17, 15) is 8.78 Å². The van der Waals surface area contributed by atoms with Crippen molar-refractivity contribution in [3.05, 3.63) is 65.2 Å². The first-order valence-corrected chi connectivity index (χ1v) is 6.39. The van der Waals surface area contributed by atoms with Crippen LogP contribution in [0, 0.1) is 11.6 Å². The minimum Gasteiger partial charge on any atom is -0.497 e. The Morgan fingerprint density at radius 3 is 2.40 bits per heavy atom. The number of nitrogens with one attached hydrogen (secondary N) is 1. The van der Waals surface area contributed by atoms with E-state index in [0.717, 1.165) is 17.4 Å². The van der Waals surface area contributed by atoms with Crippen molar-refractivity contribution < 1.29 is 13.5 Å². The van der Waals surface area contributed by atoms with Gasteiger partial charge in [0.25, 0.3) is 0 Å². The summed E-state index contributed by atoms with van der Waals surface area (Å²) < 4.78 is 32.2. The van der Waals surface area contributed by atoms with Gasteiger partial charge in [-0.2, -0.15) is 0 Å². The highest BCUT2D eigenvalue weighted by molar-refractivity contribution is 5.30. The van der Waals surface area contributed by atoms with Gasteiger partial charge in [0.15, 0.2) is 11.6 Å². The van der Waals surface area contributed by atoms with Crippen molar-refractivity contribution in [1.82, 2.24) is 5.32 Å². The van der Waals surface area contributed by atoms with Crippen molar-refractivity contribution >= 4 is 0 Å². The van der Waals surface area contributed by atoms with Gasteiger partial charge in [-0.1, -0.05) is 24.3 Å². The molecule has 2 aromatic carbocycles. The van der Waals surface area contributed by atoms with Crippen LogP contribution in [0.15, 0.2) is 42.5 Å². The molecule has 20 heavy (non-hydrogen) atoms. The molecular formula is C16H17F2NO. The standard InChI is InChI=1S/C16H17F2NO/c1-19-15(13-4-3-5-14(17)16(13)18)10-11-6-8-12(20-2)9-7-11/h3-9,15,19H,10H2,1-2H3. The molecule has 0 aliphatic rings. The van der Waals surface area contributed by atoms with Gasteiger partial charge in [0.05, 0.1) is 7.11 Å². The molecule has 0 aliphatic carbocycles. The van der Waals surface area contributed by atoms with E-state index in [0.29, 0.717) is 12.0 Å². The molecular weight excluding hydrogens is 260 g/mol. The van der Waals surface area contributed by atoms with Gasteiger partial charge in [0.1, 0.15) is 5.75 Å². The van der Waals surface area contributed by atoms with E-state index in [4.69, 9.17) is 4.74 Å². The van der Waals surface area contributed by atoms with E-state index >= 15 is 0 Å². The Hall–Kier alpha value is -1.94. The lowest BCUT2D eigenvalue weighted by Crippen LogP contribution is -2.20. The minimum atomic E-state index is -0.822. The van der Waals surface area contributed by atoms with Crippen LogP contribution in [0.4, 0.5) is 8.78 Å². The molecule has 106 valence electrons. The summed E-state index contributed by atoms with van der Waals surface area (Å²) in [7, 11) is 3.34. The zero-order chi connectivity index (χ0) is 14.5. The van der Waals surface area contributed by atoms with Crippen LogP contribution in [0.25, 0.3) is 0 Å². The van der Waals surface area contributed by atoms with E-state index in [1.807, 2.05) is 24.3 Å². The molecule has 1 atom stereocenters. The first-order chi connectivity index (χ1) is 9.65. The molecule has 4 heteroatoms. The maximum Gasteiger partial charge on any atom is 0.163 e. The lowest BCUT2D eigenvalue weighted by molar-refractivity contribution is 0.414. The van der Waals surface area contributed by atoms with Crippen LogP contribution in [0.2, 0.25) is 0 Å². The van der Waals surface area contributed by atoms with Crippen molar-refractivity contribution in [2.45, 2.75) is 12.5 Å². The third kappa shape index (κ3) is 3.14. The molecule has 2 rings (SSSR count). The van der Waals surface area contributed by atoms with E-state index in [1.165, 1.54) is 6.07 Å². The third-order valence-corrected chi connectivity index (χ3v) is 3.30. The average molecular weight is 277 g/mol. The van der Waals surface area contributed by atoms with Gasteiger partial charge in [-0.3, -0.25) is 0 Å². The number of likely N-dealkylation sites (N-methyl/N-ethyl adjacent to an activating group) is 1. The largest absolute Gasteiger partial charge is 0.497 e. The molecule has 0 heterocycles. The lowest BCUT2D eigenvalue weighted by Gasteiger charge is -2.18. The maximum atomic E-state index is 13.8. The van der Waals surface area contributed by atoms with Crippen molar-refractivity contribution in [1.29, 1.82) is 0 Å². The molecule has 0 spiro atoms. The average Bonchev–Trinajstić information content (AvgIpc) is 2.48. The Bertz CT molecular complexity index is 569. The summed E-state index contributed by atoms with van der Waals surface area (Å²) in [5, 5.41) is 3.03. The minimum absolute atomic E-state index is 0.279. The SMILES string of the molecule is CNC(Cc1ccc(OC)cc1)c1cccc(F)c1F. The Morgan fingerprint density at radius 2 is 1.80 bits per heavy atom. The monoisotopic (exact) mass is 277 g/mol. The van der Waals surface area contributed by atoms with E-state index < -0.39 is 11.6 Å². The number of rotatable bonds is 5. The number of ether oxygens (including phenoxy) is 1. The van der Waals surface area contributed by atoms with Gasteiger partial charge in [0, 0.05) is 11.6 Å². The predicted molar refractivity (Wildman–Crippen MR) is 74.9 cm³/mol. The quantitative estimate of drug-likeness (QED) is 0.903. The summed E-state index contributed by atoms with van der Waals surface area (Å²) in [5.41, 5.74) is 1.36. The second-order valence-electron chi connectivity index (χ2n) is 4.54. The van der Waals surface area contributed by atoms with Crippen molar-refractivity contribution in [2.24, 2.45) is 0 Å². The summed E-state index contributed by atoms with van der Waals surface area (Å²) >= 11 is 0. The van der Waals surface area contributed by atoms with E-state index in [2.05, 4.69) is 5.32 Å². The number of halogens is 2. The second-order valence-corrected chi connectivity index (χ2v) is 4.54. The Kier molecular flexibility index (Phi) is 4.69. The van der Waals surface area contributed by atoms with Crippen LogP contribution in [-0.4, -0.2) is 14.2 Å². The highest BCUT2D eigenvalue weighted by atomic mass is 19.2. The van der Waals surface area contributed by atoms with Gasteiger partial charge >= 0.3 is 0 Å². The van der Waals surface area contributed by atoms with E-state index in [-0.39, 0.29) is 6.04 Å². The van der Waals surface area contributed by atoms with Gasteiger partial charge in [-0.05, 0) is 37.2 Å². The zero-order valence-electron chi connectivity index (χ0n) is 11.5. The van der Waals surface area contributed by atoms with Crippen LogP contribution >= 0.6 is 0 Å². The molecule has 2 aromatic rings. The van der Waals surface area contributed by atoms with Crippen molar-refractivity contribution in [3.8, 4) is 5.75 Å². The Balaban J connectivity index is 2.21. The summed E-state index contributed by atoms with van der Waals surface area (Å²) in [4.78, 5) is 0. The zero-order valence-corrected chi connectivity index (χ0v) is 11.5. The molecule has 0 aromatic heterocycles. The van der Waals surface area contributed by atoms with Crippen LogP contribution in [-0.2, 0) is 6.42 Å². The fraction of sp³-hybridized carbons (Fsp3) is 0.250. The maximum absolute atomic E-state index is 13.8. The molecule has 2 nitrogen and oxygen atoms in total. The molecule has 0 amide bonds. The Morgan fingerprint density at radius 1 is 1.10 bits per heavy atom. The van der Waals surface area contributed by atoms with Gasteiger partial charge in [0.2, 0.25) is 0 Å². The van der Waals surface area contributed by atoms with Crippen LogP contribution in [0.1, 0.15) is 17.2 Å². The highest BCUT2D eigenvalue weighted by Crippen LogP contribution is 2.23. The van der Waals surface area contributed by atoms with Gasteiger partial charge in [-0.15, -0.1) is 0 Å². The Labute approximate surface area is 117 Å². The summed E-state index contributed by atoms with van der Waals surface area (Å²) in [5.74, 6) is -0.843. The van der Waals surface area contributed by atoms with E-state index in [1.54, 1.807) is 20.2 Å². The predicted octanol–water partition coefficient (Wildman–Crippen LogP) is 3.48. The fourth-order valence-electron chi connectivity index (χ4n) is 2.15. The van der Waals surface area contributed by atoms with Crippen molar-refractivity contribution in [3.63, 3.8) is 0 Å². The first-order valence-electron chi connectivity index (χ1n) is 6.39. The van der Waals surface area contributed by atoms with Gasteiger partial charge in [-0.25, -0.2) is 8.78 Å². The molecule has 1 unspecified atom stereocenters. The number of methoxy groups -OCH3 is 1. The molecule has 1 N–H and O–H groups in total. The molecule has 0 saturated heterocycles. The number of benzene rings is 2. The molecule has 0 bridgehead atoms. The highest BCUT2D eigenvalue weighted by Gasteiger charge is 2.17. The molecule has 0 fully saturated rings. The summed E-state index contributed by atoms with van der Waals surface area (Å²) in [6.07, 6.45) is 0.570. The van der Waals surface area contributed by atoms with Crippen LogP contribution in [0.5, 0.6) is 5.75 Å². The normalized spacial score (nSPS) is 12.2. The first kappa shape index (κ1) is 14.5. The number of hydrogen-bond acceptors (Lipinski definition) is 2.